The van der Waals surface area contributed by atoms with E-state index in [-0.39, 0.29) is 10.9 Å². The van der Waals surface area contributed by atoms with Crippen LogP contribution in [-0.4, -0.2) is 25.8 Å². The van der Waals surface area contributed by atoms with E-state index in [1.165, 1.54) is 4.31 Å². The molecule has 0 aliphatic rings. The van der Waals surface area contributed by atoms with Crippen molar-refractivity contribution in [2.24, 2.45) is 5.84 Å². The van der Waals surface area contributed by atoms with E-state index in [0.717, 1.165) is 4.88 Å². The summed E-state index contributed by atoms with van der Waals surface area (Å²) in [6.45, 7) is 1.90. The molecule has 1 aromatic heterocycles. The van der Waals surface area contributed by atoms with Crippen molar-refractivity contribution in [3.8, 4) is 0 Å². The summed E-state index contributed by atoms with van der Waals surface area (Å²) in [4.78, 5) is 1.35. The summed E-state index contributed by atoms with van der Waals surface area (Å²) in [6.07, 6.45) is 0.686. The van der Waals surface area contributed by atoms with Crippen molar-refractivity contribution in [3.05, 3.63) is 46.7 Å². The number of nitrogens with one attached hydrogen (secondary N) is 1. The predicted octanol–water partition coefficient (Wildman–Crippen LogP) is 2.29. The van der Waals surface area contributed by atoms with Crippen LogP contribution in [0.3, 0.4) is 0 Å². The van der Waals surface area contributed by atoms with Crippen molar-refractivity contribution in [2.75, 3.05) is 12.5 Å². The second-order valence-electron chi connectivity index (χ2n) is 4.79. The first-order chi connectivity index (χ1) is 9.96. The maximum absolute atomic E-state index is 12.7. The van der Waals surface area contributed by atoms with Gasteiger partial charge in [0.25, 0.3) is 0 Å². The van der Waals surface area contributed by atoms with E-state index in [4.69, 9.17) is 5.84 Å². The minimum atomic E-state index is -3.59. The highest BCUT2D eigenvalue weighted by Gasteiger charge is 2.27. The summed E-state index contributed by atoms with van der Waals surface area (Å²) in [6, 6.07) is 10.5. The summed E-state index contributed by atoms with van der Waals surface area (Å²) in [5.74, 6) is 5.40. The topological polar surface area (TPSA) is 75.4 Å². The van der Waals surface area contributed by atoms with Gasteiger partial charge in [0.2, 0.25) is 10.0 Å². The number of nitrogen functional groups attached to an aromatic ring is 1. The zero-order valence-electron chi connectivity index (χ0n) is 12.0. The summed E-state index contributed by atoms with van der Waals surface area (Å²) in [5.41, 5.74) is 2.83. The van der Waals surface area contributed by atoms with Crippen molar-refractivity contribution >= 4 is 27.0 Å². The SMILES string of the molecule is CC(Cc1cccs1)N(C)S(=O)(=O)c1ccccc1NN. The van der Waals surface area contributed by atoms with Gasteiger partial charge in [0.1, 0.15) is 4.90 Å². The number of hydrazine groups is 1. The van der Waals surface area contributed by atoms with E-state index in [1.807, 2.05) is 24.4 Å². The number of nitrogens with two attached hydrogens (primary N) is 1. The third-order valence-corrected chi connectivity index (χ3v) is 6.33. The first-order valence-electron chi connectivity index (χ1n) is 6.53. The van der Waals surface area contributed by atoms with Crippen LogP contribution in [0.4, 0.5) is 5.69 Å². The minimum absolute atomic E-state index is 0.139. The van der Waals surface area contributed by atoms with Crippen LogP contribution in [0.1, 0.15) is 11.8 Å². The molecule has 1 aromatic carbocycles. The molecule has 1 unspecified atom stereocenters. The van der Waals surface area contributed by atoms with Crippen LogP contribution in [0.15, 0.2) is 46.7 Å². The lowest BCUT2D eigenvalue weighted by atomic mass is 10.2. The van der Waals surface area contributed by atoms with E-state index >= 15 is 0 Å². The third-order valence-electron chi connectivity index (χ3n) is 3.40. The molecule has 2 rings (SSSR count). The molecule has 0 spiro atoms. The minimum Gasteiger partial charge on any atom is -0.323 e. The fraction of sp³-hybridized carbons (Fsp3) is 0.286. The molecule has 7 heteroatoms. The van der Waals surface area contributed by atoms with Crippen molar-refractivity contribution in [1.29, 1.82) is 0 Å². The molecule has 0 amide bonds. The van der Waals surface area contributed by atoms with Crippen molar-refractivity contribution in [1.82, 2.24) is 4.31 Å². The van der Waals surface area contributed by atoms with Crippen molar-refractivity contribution in [2.45, 2.75) is 24.3 Å². The monoisotopic (exact) mass is 325 g/mol. The van der Waals surface area contributed by atoms with Crippen LogP contribution in [-0.2, 0) is 16.4 Å². The zero-order valence-corrected chi connectivity index (χ0v) is 13.6. The van der Waals surface area contributed by atoms with Crippen molar-refractivity contribution in [3.63, 3.8) is 0 Å². The molecular weight excluding hydrogens is 306 g/mol. The zero-order chi connectivity index (χ0) is 15.5. The number of thiophene rings is 1. The van der Waals surface area contributed by atoms with Crippen LogP contribution in [0.2, 0.25) is 0 Å². The number of nitrogens with zero attached hydrogens (tertiary/aromatic N) is 1. The standard InChI is InChI=1S/C14H19N3O2S2/c1-11(10-12-6-5-9-20-12)17(2)21(18,19)14-8-4-3-7-13(14)16-15/h3-9,11,16H,10,15H2,1-2H3. The molecule has 2 aromatic rings. The molecule has 21 heavy (non-hydrogen) atoms. The van der Waals surface area contributed by atoms with Crippen LogP contribution >= 0.6 is 11.3 Å². The summed E-state index contributed by atoms with van der Waals surface area (Å²) in [5, 5.41) is 1.99. The van der Waals surface area contributed by atoms with Gasteiger partial charge < -0.3 is 5.43 Å². The summed E-state index contributed by atoms with van der Waals surface area (Å²) >= 11 is 1.63. The second kappa shape index (κ2) is 6.57. The normalized spacial score (nSPS) is 13.3. The Morgan fingerprint density at radius 3 is 2.62 bits per heavy atom. The van der Waals surface area contributed by atoms with Crippen LogP contribution in [0.5, 0.6) is 0 Å². The number of hydrogen-bond donors (Lipinski definition) is 2. The first-order valence-corrected chi connectivity index (χ1v) is 8.85. The fourth-order valence-electron chi connectivity index (χ4n) is 2.05. The molecule has 0 aliphatic carbocycles. The largest absolute Gasteiger partial charge is 0.323 e. The third kappa shape index (κ3) is 3.44. The Labute approximate surface area is 129 Å². The highest BCUT2D eigenvalue weighted by Crippen LogP contribution is 2.25. The molecule has 1 heterocycles. The highest BCUT2D eigenvalue weighted by atomic mass is 32.2. The summed E-state index contributed by atoms with van der Waals surface area (Å²) in [7, 11) is -1.99. The number of anilines is 1. The van der Waals surface area contributed by atoms with Gasteiger partial charge in [-0.2, -0.15) is 4.31 Å². The number of sulfonamides is 1. The van der Waals surface area contributed by atoms with Gasteiger partial charge in [-0.15, -0.1) is 11.3 Å². The Kier molecular flexibility index (Phi) is 5.00. The van der Waals surface area contributed by atoms with Gasteiger partial charge in [0.05, 0.1) is 5.69 Å². The van der Waals surface area contributed by atoms with Gasteiger partial charge in [0, 0.05) is 18.0 Å². The molecule has 0 saturated carbocycles. The van der Waals surface area contributed by atoms with E-state index in [0.29, 0.717) is 12.1 Å². The average molecular weight is 325 g/mol. The molecule has 1 atom stereocenters. The van der Waals surface area contributed by atoms with E-state index in [1.54, 1.807) is 42.6 Å². The molecule has 0 saturated heterocycles. The van der Waals surface area contributed by atoms with Crippen LogP contribution in [0.25, 0.3) is 0 Å². The van der Waals surface area contributed by atoms with Crippen LogP contribution < -0.4 is 11.3 Å². The molecule has 5 nitrogen and oxygen atoms in total. The number of hydrogen-bond acceptors (Lipinski definition) is 5. The number of likely N-dealkylation sites (N-methyl/N-ethyl adjacent to an activating group) is 1. The Morgan fingerprint density at radius 2 is 2.00 bits per heavy atom. The first kappa shape index (κ1) is 16.0. The van der Waals surface area contributed by atoms with E-state index < -0.39 is 10.0 Å². The van der Waals surface area contributed by atoms with Gasteiger partial charge in [-0.3, -0.25) is 5.84 Å². The highest BCUT2D eigenvalue weighted by molar-refractivity contribution is 7.89. The molecule has 0 bridgehead atoms. The molecule has 0 radical (unpaired) electrons. The second-order valence-corrected chi connectivity index (χ2v) is 7.79. The number of rotatable bonds is 6. The predicted molar refractivity (Wildman–Crippen MR) is 86.7 cm³/mol. The molecular formula is C14H19N3O2S2. The number of para-hydroxylation sites is 1. The summed E-state index contributed by atoms with van der Waals surface area (Å²) < 4.78 is 26.8. The maximum Gasteiger partial charge on any atom is 0.245 e. The quantitative estimate of drug-likeness (QED) is 0.631. The van der Waals surface area contributed by atoms with Crippen LogP contribution in [0, 0.1) is 0 Å². The molecule has 114 valence electrons. The lowest BCUT2D eigenvalue weighted by molar-refractivity contribution is 0.388. The Hall–Kier alpha value is -1.41. The molecule has 3 N–H and O–H groups in total. The van der Waals surface area contributed by atoms with Gasteiger partial charge >= 0.3 is 0 Å². The lowest BCUT2D eigenvalue weighted by Crippen LogP contribution is -2.36. The smallest absolute Gasteiger partial charge is 0.245 e. The van der Waals surface area contributed by atoms with Gasteiger partial charge in [-0.1, -0.05) is 18.2 Å². The molecule has 0 fully saturated rings. The lowest BCUT2D eigenvalue weighted by Gasteiger charge is -2.25. The van der Waals surface area contributed by atoms with Gasteiger partial charge in [-0.25, -0.2) is 8.42 Å². The van der Waals surface area contributed by atoms with Gasteiger partial charge in [-0.05, 0) is 36.9 Å². The average Bonchev–Trinajstić information content (AvgIpc) is 2.99. The Balaban J connectivity index is 2.26. The van der Waals surface area contributed by atoms with Crippen molar-refractivity contribution < 1.29 is 8.42 Å². The fourth-order valence-corrected chi connectivity index (χ4v) is 4.39. The van der Waals surface area contributed by atoms with E-state index in [9.17, 15) is 8.42 Å². The Morgan fingerprint density at radius 1 is 1.29 bits per heavy atom. The Bertz CT molecular complexity index is 684. The van der Waals surface area contributed by atoms with E-state index in [2.05, 4.69) is 5.43 Å². The molecule has 0 aliphatic heterocycles. The van der Waals surface area contributed by atoms with Gasteiger partial charge in [0.15, 0.2) is 0 Å². The maximum atomic E-state index is 12.7. The number of benzene rings is 1.